The van der Waals surface area contributed by atoms with E-state index in [0.29, 0.717) is 22.9 Å². The molecule has 4 nitrogen and oxygen atoms in total. The third-order valence-corrected chi connectivity index (χ3v) is 5.52. The van der Waals surface area contributed by atoms with Gasteiger partial charge < -0.3 is 5.73 Å². The Morgan fingerprint density at radius 1 is 1.38 bits per heavy atom. The van der Waals surface area contributed by atoms with Gasteiger partial charge in [-0.1, -0.05) is 17.9 Å². The molecule has 5 heteroatoms. The van der Waals surface area contributed by atoms with Gasteiger partial charge >= 0.3 is 0 Å². The zero-order chi connectivity index (χ0) is 15.5. The standard InChI is InChI=1S/C16H22N2O2S/c1-13(2)18(12-15-8-9-15)21(19,20)16-7-3-5-14(11-16)6-4-10-17/h3,5,7,11,13,15H,8-10,12,17H2,1-2H3. The number of sulfonamides is 1. The van der Waals surface area contributed by atoms with Crippen LogP contribution in [0.25, 0.3) is 0 Å². The lowest BCUT2D eigenvalue weighted by Gasteiger charge is -2.26. The van der Waals surface area contributed by atoms with Gasteiger partial charge in [0.25, 0.3) is 0 Å². The van der Waals surface area contributed by atoms with Gasteiger partial charge in [0.15, 0.2) is 0 Å². The van der Waals surface area contributed by atoms with Crippen molar-refractivity contribution in [3.8, 4) is 11.8 Å². The summed E-state index contributed by atoms with van der Waals surface area (Å²) in [6, 6.07) is 6.73. The van der Waals surface area contributed by atoms with E-state index in [9.17, 15) is 8.42 Å². The van der Waals surface area contributed by atoms with Crippen LogP contribution in [-0.2, 0) is 10.0 Å². The summed E-state index contributed by atoms with van der Waals surface area (Å²) in [6.45, 7) is 4.70. The van der Waals surface area contributed by atoms with Gasteiger partial charge in [0.1, 0.15) is 0 Å². The smallest absolute Gasteiger partial charge is 0.243 e. The van der Waals surface area contributed by atoms with Crippen LogP contribution in [0.1, 0.15) is 32.3 Å². The van der Waals surface area contributed by atoms with Crippen molar-refractivity contribution in [3.05, 3.63) is 29.8 Å². The number of rotatable bonds is 5. The van der Waals surface area contributed by atoms with Crippen molar-refractivity contribution in [2.75, 3.05) is 13.1 Å². The monoisotopic (exact) mass is 306 g/mol. The maximum Gasteiger partial charge on any atom is 0.243 e. The molecule has 0 heterocycles. The third kappa shape index (κ3) is 4.07. The summed E-state index contributed by atoms with van der Waals surface area (Å²) < 4.78 is 27.2. The van der Waals surface area contributed by atoms with E-state index < -0.39 is 10.0 Å². The van der Waals surface area contributed by atoms with Crippen LogP contribution in [0.2, 0.25) is 0 Å². The second-order valence-electron chi connectivity index (χ2n) is 5.65. The minimum Gasteiger partial charge on any atom is -0.320 e. The topological polar surface area (TPSA) is 63.4 Å². The molecule has 0 spiro atoms. The lowest BCUT2D eigenvalue weighted by atomic mass is 10.2. The van der Waals surface area contributed by atoms with Crippen LogP contribution in [0.5, 0.6) is 0 Å². The Kier molecular flexibility index (Phi) is 5.04. The minimum absolute atomic E-state index is 0.0469. The highest BCUT2D eigenvalue weighted by molar-refractivity contribution is 7.89. The lowest BCUT2D eigenvalue weighted by Crippen LogP contribution is -2.38. The van der Waals surface area contributed by atoms with Gasteiger partial charge in [-0.25, -0.2) is 8.42 Å². The summed E-state index contributed by atoms with van der Waals surface area (Å²) in [5.74, 6) is 6.14. The molecule has 0 saturated heterocycles. The Hall–Kier alpha value is -1.35. The molecule has 1 aliphatic rings. The second kappa shape index (κ2) is 6.61. The van der Waals surface area contributed by atoms with Gasteiger partial charge in [-0.2, -0.15) is 4.31 Å². The van der Waals surface area contributed by atoms with E-state index in [1.54, 1.807) is 28.6 Å². The molecule has 0 unspecified atom stereocenters. The predicted octanol–water partition coefficient (Wildman–Crippen LogP) is 1.81. The highest BCUT2D eigenvalue weighted by Crippen LogP contribution is 2.32. The van der Waals surface area contributed by atoms with Crippen molar-refractivity contribution >= 4 is 10.0 Å². The highest BCUT2D eigenvalue weighted by atomic mass is 32.2. The first-order chi connectivity index (χ1) is 9.95. The average molecular weight is 306 g/mol. The largest absolute Gasteiger partial charge is 0.320 e. The van der Waals surface area contributed by atoms with E-state index >= 15 is 0 Å². The summed E-state index contributed by atoms with van der Waals surface area (Å²) in [7, 11) is -3.47. The molecule has 2 N–H and O–H groups in total. The predicted molar refractivity (Wildman–Crippen MR) is 84.1 cm³/mol. The highest BCUT2D eigenvalue weighted by Gasteiger charge is 2.33. The minimum atomic E-state index is -3.47. The van der Waals surface area contributed by atoms with Crippen LogP contribution in [0.3, 0.4) is 0 Å². The quantitative estimate of drug-likeness (QED) is 0.844. The number of nitrogens with two attached hydrogens (primary N) is 1. The molecule has 0 atom stereocenters. The van der Waals surface area contributed by atoms with Crippen molar-refractivity contribution in [2.45, 2.75) is 37.6 Å². The van der Waals surface area contributed by atoms with Crippen LogP contribution in [0.15, 0.2) is 29.2 Å². The van der Waals surface area contributed by atoms with E-state index in [0.717, 1.165) is 12.8 Å². The maximum atomic E-state index is 12.8. The Morgan fingerprint density at radius 3 is 2.67 bits per heavy atom. The van der Waals surface area contributed by atoms with E-state index in [4.69, 9.17) is 5.73 Å². The number of hydrogen-bond acceptors (Lipinski definition) is 3. The summed E-state index contributed by atoms with van der Waals surface area (Å²) in [4.78, 5) is 0.306. The zero-order valence-electron chi connectivity index (χ0n) is 12.5. The molecular weight excluding hydrogens is 284 g/mol. The van der Waals surface area contributed by atoms with Crippen molar-refractivity contribution in [1.82, 2.24) is 4.31 Å². The van der Waals surface area contributed by atoms with Gasteiger partial charge in [0, 0.05) is 18.2 Å². The Balaban J connectivity index is 2.32. The molecule has 2 rings (SSSR count). The second-order valence-corrected chi connectivity index (χ2v) is 7.54. The van der Waals surface area contributed by atoms with Crippen LogP contribution >= 0.6 is 0 Å². The van der Waals surface area contributed by atoms with Crippen molar-refractivity contribution < 1.29 is 8.42 Å². The van der Waals surface area contributed by atoms with Crippen LogP contribution < -0.4 is 5.73 Å². The zero-order valence-corrected chi connectivity index (χ0v) is 13.4. The summed E-state index contributed by atoms with van der Waals surface area (Å²) >= 11 is 0. The molecule has 0 aromatic heterocycles. The van der Waals surface area contributed by atoms with E-state index in [1.807, 2.05) is 13.8 Å². The molecule has 0 amide bonds. The fourth-order valence-electron chi connectivity index (χ4n) is 2.16. The average Bonchev–Trinajstić information content (AvgIpc) is 3.26. The van der Waals surface area contributed by atoms with E-state index in [2.05, 4.69) is 11.8 Å². The molecule has 0 radical (unpaired) electrons. The Morgan fingerprint density at radius 2 is 2.10 bits per heavy atom. The van der Waals surface area contributed by atoms with Crippen LogP contribution in [-0.4, -0.2) is 31.9 Å². The first-order valence-electron chi connectivity index (χ1n) is 7.26. The SMILES string of the molecule is CC(C)N(CC1CC1)S(=O)(=O)c1cccc(C#CCN)c1. The van der Waals surface area contributed by atoms with Gasteiger partial charge in [0.2, 0.25) is 10.0 Å². The van der Waals surface area contributed by atoms with Crippen molar-refractivity contribution in [2.24, 2.45) is 11.7 Å². The van der Waals surface area contributed by atoms with Gasteiger partial charge in [-0.05, 0) is 50.8 Å². The van der Waals surface area contributed by atoms with Crippen LogP contribution in [0.4, 0.5) is 0 Å². The normalized spacial score (nSPS) is 15.1. The fourth-order valence-corrected chi connectivity index (χ4v) is 3.92. The van der Waals surface area contributed by atoms with Gasteiger partial charge in [-0.15, -0.1) is 0 Å². The Labute approximate surface area is 127 Å². The number of hydrogen-bond donors (Lipinski definition) is 1. The molecule has 21 heavy (non-hydrogen) atoms. The van der Waals surface area contributed by atoms with Crippen molar-refractivity contribution in [1.29, 1.82) is 0 Å². The molecule has 1 aromatic carbocycles. The fraction of sp³-hybridized carbons (Fsp3) is 0.500. The third-order valence-electron chi connectivity index (χ3n) is 3.49. The lowest BCUT2D eigenvalue weighted by molar-refractivity contribution is 0.341. The molecule has 0 bridgehead atoms. The first kappa shape index (κ1) is 16.0. The molecule has 1 aromatic rings. The maximum absolute atomic E-state index is 12.8. The molecule has 0 aliphatic heterocycles. The summed E-state index contributed by atoms with van der Waals surface area (Å²) in [5.41, 5.74) is 6.03. The summed E-state index contributed by atoms with van der Waals surface area (Å²) in [5, 5.41) is 0. The first-order valence-corrected chi connectivity index (χ1v) is 8.70. The molecule has 1 saturated carbocycles. The van der Waals surface area contributed by atoms with E-state index in [1.165, 1.54) is 0 Å². The molecule has 1 fully saturated rings. The van der Waals surface area contributed by atoms with Gasteiger partial charge in [0.05, 0.1) is 11.4 Å². The number of nitrogens with zero attached hydrogens (tertiary/aromatic N) is 1. The number of benzene rings is 1. The van der Waals surface area contributed by atoms with Crippen LogP contribution in [0, 0.1) is 17.8 Å². The Bertz CT molecular complexity index is 652. The molecule has 1 aliphatic carbocycles. The molecule has 114 valence electrons. The molecular formula is C16H22N2O2S. The van der Waals surface area contributed by atoms with E-state index in [-0.39, 0.29) is 12.6 Å². The summed E-state index contributed by atoms with van der Waals surface area (Å²) in [6.07, 6.45) is 2.25. The van der Waals surface area contributed by atoms with Crippen molar-refractivity contribution in [3.63, 3.8) is 0 Å². The van der Waals surface area contributed by atoms with Gasteiger partial charge in [-0.3, -0.25) is 0 Å².